The molecule has 8 nitrogen and oxygen atoms in total. The Hall–Kier alpha value is -3.12. The number of ether oxygens (including phenoxy) is 2. The van der Waals surface area contributed by atoms with Crippen LogP contribution in [0.1, 0.15) is 41.1 Å². The molecule has 202 valence electrons. The van der Waals surface area contributed by atoms with Crippen molar-refractivity contribution in [2.45, 2.75) is 48.1 Å². The second-order valence-electron chi connectivity index (χ2n) is 9.07. The van der Waals surface area contributed by atoms with E-state index in [0.29, 0.717) is 17.3 Å². The van der Waals surface area contributed by atoms with Gasteiger partial charge in [0, 0.05) is 36.7 Å². The molecule has 0 saturated carbocycles. The van der Waals surface area contributed by atoms with Crippen molar-refractivity contribution < 1.29 is 23.0 Å². The molecule has 0 aliphatic carbocycles. The summed E-state index contributed by atoms with van der Waals surface area (Å²) in [4.78, 5) is 8.82. The van der Waals surface area contributed by atoms with Crippen LogP contribution in [0.4, 0.5) is 0 Å². The van der Waals surface area contributed by atoms with E-state index in [2.05, 4.69) is 14.7 Å². The summed E-state index contributed by atoms with van der Waals surface area (Å²) in [7, 11) is -3.60. The Morgan fingerprint density at radius 1 is 0.846 bits per heavy atom. The molecule has 0 radical (unpaired) electrons. The third-order valence-electron chi connectivity index (χ3n) is 6.33. The van der Waals surface area contributed by atoms with Gasteiger partial charge in [-0.05, 0) is 34.9 Å². The molecule has 0 bridgehead atoms. The predicted molar refractivity (Wildman–Crippen MR) is 148 cm³/mol. The van der Waals surface area contributed by atoms with Gasteiger partial charge >= 0.3 is 0 Å². The maximum Gasteiger partial charge on any atom is 0.240 e. The number of rotatable bonds is 10. The number of aromatic nitrogens is 2. The number of nitrogens with zero attached hydrogens (tertiary/aromatic N) is 2. The number of thioether (sulfide) groups is 1. The normalized spacial score (nSPS) is 19.6. The zero-order valence-electron chi connectivity index (χ0n) is 21.1. The van der Waals surface area contributed by atoms with E-state index in [1.165, 1.54) is 11.8 Å². The van der Waals surface area contributed by atoms with E-state index in [-0.39, 0.29) is 30.3 Å². The summed E-state index contributed by atoms with van der Waals surface area (Å²) in [6.45, 7) is 0.155. The van der Waals surface area contributed by atoms with E-state index in [1.54, 1.807) is 48.8 Å². The van der Waals surface area contributed by atoms with E-state index in [4.69, 9.17) is 9.47 Å². The van der Waals surface area contributed by atoms with Gasteiger partial charge in [-0.1, -0.05) is 78.5 Å². The number of nitrogens with one attached hydrogen (secondary N) is 1. The number of benzene rings is 3. The molecule has 0 spiro atoms. The molecule has 1 aliphatic heterocycles. The molecule has 1 aromatic heterocycles. The molecule has 4 aromatic rings. The summed E-state index contributed by atoms with van der Waals surface area (Å²) in [6.07, 6.45) is 3.19. The van der Waals surface area contributed by atoms with E-state index in [1.807, 2.05) is 48.5 Å². The van der Waals surface area contributed by atoms with Gasteiger partial charge in [0.2, 0.25) is 10.0 Å². The maximum atomic E-state index is 12.6. The second kappa shape index (κ2) is 12.8. The Morgan fingerprint density at radius 2 is 1.51 bits per heavy atom. The first-order valence-corrected chi connectivity index (χ1v) is 15.0. The lowest BCUT2D eigenvalue weighted by Crippen LogP contribution is -2.31. The van der Waals surface area contributed by atoms with Crippen LogP contribution < -0.4 is 4.72 Å². The van der Waals surface area contributed by atoms with Crippen molar-refractivity contribution in [1.82, 2.24) is 14.7 Å². The first-order valence-electron chi connectivity index (χ1n) is 12.5. The van der Waals surface area contributed by atoms with Crippen LogP contribution in [0.5, 0.6) is 0 Å². The van der Waals surface area contributed by atoms with Crippen LogP contribution >= 0.6 is 11.8 Å². The Balaban J connectivity index is 1.28. The fraction of sp³-hybridized carbons (Fsp3) is 0.241. The molecule has 3 aromatic carbocycles. The molecule has 2 N–H and O–H groups in total. The summed E-state index contributed by atoms with van der Waals surface area (Å²) in [5, 5.41) is 10.1. The number of sulfonamides is 1. The molecule has 2 heterocycles. The smallest absolute Gasteiger partial charge is 0.240 e. The topological polar surface area (TPSA) is 111 Å². The number of aliphatic hydroxyl groups excluding tert-OH is 1. The number of aliphatic hydroxyl groups is 1. The molecule has 0 amide bonds. The van der Waals surface area contributed by atoms with Crippen LogP contribution in [0.25, 0.3) is 0 Å². The van der Waals surface area contributed by atoms with Crippen LogP contribution in [0.15, 0.2) is 107 Å². The highest BCUT2D eigenvalue weighted by Gasteiger charge is 2.32. The second-order valence-corrected chi connectivity index (χ2v) is 11.8. The minimum Gasteiger partial charge on any atom is -0.392 e. The van der Waals surface area contributed by atoms with Gasteiger partial charge in [-0.15, -0.1) is 0 Å². The largest absolute Gasteiger partial charge is 0.392 e. The lowest BCUT2D eigenvalue weighted by atomic mass is 10.0. The van der Waals surface area contributed by atoms with E-state index in [0.717, 1.165) is 22.3 Å². The molecule has 39 heavy (non-hydrogen) atoms. The van der Waals surface area contributed by atoms with Gasteiger partial charge in [0.1, 0.15) is 0 Å². The fourth-order valence-corrected chi connectivity index (χ4v) is 6.06. The summed E-state index contributed by atoms with van der Waals surface area (Å²) >= 11 is 1.54. The molecule has 3 atom stereocenters. The predicted octanol–water partition coefficient (Wildman–Crippen LogP) is 4.79. The van der Waals surface area contributed by atoms with E-state index >= 15 is 0 Å². The molecule has 3 unspecified atom stereocenters. The SMILES string of the molecule is O=S(=O)(NCc1ccc(C2OC(CSc3ncccn3)CC(c3ccc(CO)cc3)O2)cc1)c1ccccc1. The lowest BCUT2D eigenvalue weighted by molar-refractivity contribution is -0.245. The zero-order valence-corrected chi connectivity index (χ0v) is 22.7. The minimum absolute atomic E-state index is 0.0122. The van der Waals surface area contributed by atoms with Crippen molar-refractivity contribution in [1.29, 1.82) is 0 Å². The summed E-state index contributed by atoms with van der Waals surface area (Å²) < 4.78 is 40.5. The molecule has 5 rings (SSSR count). The van der Waals surface area contributed by atoms with E-state index in [9.17, 15) is 13.5 Å². The summed E-state index contributed by atoms with van der Waals surface area (Å²) in [5.74, 6) is 0.661. The molecule has 10 heteroatoms. The van der Waals surface area contributed by atoms with Crippen molar-refractivity contribution in [3.05, 3.63) is 120 Å². The number of hydrogen-bond donors (Lipinski definition) is 2. The standard InChI is InChI=1S/C29H29N3O5S2/c33-19-22-9-11-23(12-10-22)27-17-25(20-38-29-30-15-4-16-31-29)36-28(37-27)24-13-7-21(8-14-24)18-32-39(34,35)26-5-2-1-3-6-26/h1-16,25,27-28,32-33H,17-20H2. The van der Waals surface area contributed by atoms with Crippen LogP contribution in [0.2, 0.25) is 0 Å². The van der Waals surface area contributed by atoms with Crippen molar-refractivity contribution in [2.24, 2.45) is 0 Å². The van der Waals surface area contributed by atoms with Gasteiger partial charge in [0.05, 0.1) is 23.7 Å². The van der Waals surface area contributed by atoms with Crippen LogP contribution in [0, 0.1) is 0 Å². The first-order chi connectivity index (χ1) is 19.0. The van der Waals surface area contributed by atoms with Crippen molar-refractivity contribution in [3.63, 3.8) is 0 Å². The highest BCUT2D eigenvalue weighted by Crippen LogP contribution is 2.39. The Kier molecular flexibility index (Phi) is 9.02. The Morgan fingerprint density at radius 3 is 2.21 bits per heavy atom. The Bertz CT molecular complexity index is 1440. The maximum absolute atomic E-state index is 12.6. The Labute approximate surface area is 232 Å². The molecule has 1 saturated heterocycles. The van der Waals surface area contributed by atoms with Gasteiger partial charge in [-0.25, -0.2) is 23.1 Å². The van der Waals surface area contributed by atoms with E-state index < -0.39 is 16.3 Å². The molecule has 1 fully saturated rings. The first kappa shape index (κ1) is 27.4. The highest BCUT2D eigenvalue weighted by atomic mass is 32.2. The molecule has 1 aliphatic rings. The monoisotopic (exact) mass is 563 g/mol. The third kappa shape index (κ3) is 7.30. The molecular formula is C29H29N3O5S2. The lowest BCUT2D eigenvalue weighted by Gasteiger charge is -2.36. The highest BCUT2D eigenvalue weighted by molar-refractivity contribution is 7.99. The van der Waals surface area contributed by atoms with Crippen molar-refractivity contribution in [3.8, 4) is 0 Å². The average Bonchev–Trinajstić information content (AvgIpc) is 3.00. The van der Waals surface area contributed by atoms with Gasteiger partial charge in [0.15, 0.2) is 11.4 Å². The average molecular weight is 564 g/mol. The van der Waals surface area contributed by atoms with Gasteiger partial charge in [-0.3, -0.25) is 0 Å². The number of hydrogen-bond acceptors (Lipinski definition) is 8. The zero-order chi connectivity index (χ0) is 27.1. The van der Waals surface area contributed by atoms with Gasteiger partial charge in [0.25, 0.3) is 0 Å². The van der Waals surface area contributed by atoms with Gasteiger partial charge in [-0.2, -0.15) is 0 Å². The van der Waals surface area contributed by atoms with Crippen LogP contribution in [-0.2, 0) is 32.6 Å². The van der Waals surface area contributed by atoms with Crippen molar-refractivity contribution >= 4 is 21.8 Å². The quantitative estimate of drug-likeness (QED) is 0.209. The minimum atomic E-state index is -3.60. The fourth-order valence-electron chi connectivity index (χ4n) is 4.20. The summed E-state index contributed by atoms with van der Waals surface area (Å²) in [6, 6.07) is 25.4. The van der Waals surface area contributed by atoms with Crippen LogP contribution in [-0.4, -0.2) is 35.3 Å². The van der Waals surface area contributed by atoms with Crippen LogP contribution in [0.3, 0.4) is 0 Å². The molecular weight excluding hydrogens is 534 g/mol. The third-order valence-corrected chi connectivity index (χ3v) is 8.75. The van der Waals surface area contributed by atoms with Gasteiger partial charge < -0.3 is 14.6 Å². The summed E-state index contributed by atoms with van der Waals surface area (Å²) in [5.41, 5.74) is 3.51. The van der Waals surface area contributed by atoms with Crippen molar-refractivity contribution in [2.75, 3.05) is 5.75 Å².